The molecule has 0 unspecified atom stereocenters. The second kappa shape index (κ2) is 9.48. The van der Waals surface area contributed by atoms with Gasteiger partial charge in [0.1, 0.15) is 0 Å². The third-order valence-electron chi connectivity index (χ3n) is 4.13. The summed E-state index contributed by atoms with van der Waals surface area (Å²) in [7, 11) is 0. The molecule has 1 N–H and O–H groups in total. The van der Waals surface area contributed by atoms with Crippen LogP contribution in [0, 0.1) is 3.57 Å². The Morgan fingerprint density at radius 3 is 2.70 bits per heavy atom. The smallest absolute Gasteiger partial charge is 0.341 e. The van der Waals surface area contributed by atoms with Gasteiger partial charge in [-0.15, -0.1) is 0 Å². The van der Waals surface area contributed by atoms with Crippen LogP contribution < -0.4 is 14.5 Å². The average Bonchev–Trinajstić information content (AvgIpc) is 2.96. The van der Waals surface area contributed by atoms with Crippen molar-refractivity contribution in [3.63, 3.8) is 0 Å². The average molecular weight is 541 g/mol. The highest BCUT2D eigenvalue weighted by atomic mass is 127. The number of amides is 1. The van der Waals surface area contributed by atoms with Gasteiger partial charge in [0.15, 0.2) is 18.1 Å². The summed E-state index contributed by atoms with van der Waals surface area (Å²) in [6.45, 7) is 3.46. The fraction of sp³-hybridized carbons (Fsp3) is 0.190. The van der Waals surface area contributed by atoms with Gasteiger partial charge in [0.2, 0.25) is 0 Å². The molecule has 0 radical (unpaired) electrons. The van der Waals surface area contributed by atoms with Gasteiger partial charge in [0, 0.05) is 0 Å². The number of para-hydroxylation sites is 1. The Labute approximate surface area is 192 Å². The number of hydrogen-bond acceptors (Lipinski definition) is 5. The zero-order valence-corrected chi connectivity index (χ0v) is 19.1. The number of rotatable bonds is 7. The molecule has 1 aliphatic heterocycles. The van der Waals surface area contributed by atoms with E-state index in [0.717, 1.165) is 0 Å². The maximum atomic E-state index is 13.0. The molecule has 0 fully saturated rings. The lowest BCUT2D eigenvalue weighted by Crippen LogP contribution is -2.21. The minimum atomic E-state index is -1.08. The predicted octanol–water partition coefficient (Wildman–Crippen LogP) is 4.61. The lowest BCUT2D eigenvalue weighted by molar-refractivity contribution is -0.139. The van der Waals surface area contributed by atoms with E-state index in [4.69, 9.17) is 26.2 Å². The van der Waals surface area contributed by atoms with Gasteiger partial charge >= 0.3 is 5.97 Å². The van der Waals surface area contributed by atoms with Gasteiger partial charge in [0.25, 0.3) is 5.91 Å². The Bertz CT molecular complexity index is 1070. The van der Waals surface area contributed by atoms with Crippen molar-refractivity contribution in [2.45, 2.75) is 13.8 Å². The van der Waals surface area contributed by atoms with Crippen LogP contribution in [-0.4, -0.2) is 35.9 Å². The van der Waals surface area contributed by atoms with E-state index in [1.807, 2.05) is 29.5 Å². The molecular formula is C21H18ClIN2O5. The van der Waals surface area contributed by atoms with Gasteiger partial charge in [-0.1, -0.05) is 23.7 Å². The largest absolute Gasteiger partial charge is 0.490 e. The number of hydrogen-bond donors (Lipinski definition) is 1. The number of benzene rings is 2. The molecule has 0 spiro atoms. The topological polar surface area (TPSA) is 88.4 Å². The fourth-order valence-corrected chi connectivity index (χ4v) is 3.84. The van der Waals surface area contributed by atoms with Crippen LogP contribution >= 0.6 is 34.2 Å². The summed E-state index contributed by atoms with van der Waals surface area (Å²) < 4.78 is 11.7. The van der Waals surface area contributed by atoms with Gasteiger partial charge in [-0.25, -0.2) is 4.79 Å². The number of aliphatic carboxylic acids is 1. The van der Waals surface area contributed by atoms with E-state index in [-0.39, 0.29) is 5.91 Å². The van der Waals surface area contributed by atoms with Crippen LogP contribution in [0.4, 0.5) is 5.69 Å². The molecule has 1 amide bonds. The fourth-order valence-electron chi connectivity index (χ4n) is 2.85. The lowest BCUT2D eigenvalue weighted by Gasteiger charge is -2.14. The van der Waals surface area contributed by atoms with Gasteiger partial charge in [0.05, 0.1) is 32.2 Å². The zero-order chi connectivity index (χ0) is 21.8. The number of carboxylic acid groups (broad SMARTS) is 1. The molecule has 0 bridgehead atoms. The highest BCUT2D eigenvalue weighted by Gasteiger charge is 2.30. The molecule has 0 saturated heterocycles. The maximum absolute atomic E-state index is 13.0. The maximum Gasteiger partial charge on any atom is 0.341 e. The zero-order valence-electron chi connectivity index (χ0n) is 16.2. The van der Waals surface area contributed by atoms with Crippen molar-refractivity contribution < 1.29 is 24.2 Å². The third-order valence-corrected chi connectivity index (χ3v) is 5.25. The number of halogens is 2. The number of ether oxygens (including phenoxy) is 2. The second-order valence-corrected chi connectivity index (χ2v) is 7.83. The number of carbonyl (C=O) groups is 2. The molecule has 2 aromatic carbocycles. The molecule has 0 atom stereocenters. The Kier molecular flexibility index (Phi) is 6.99. The summed E-state index contributed by atoms with van der Waals surface area (Å²) in [4.78, 5) is 23.8. The van der Waals surface area contributed by atoms with E-state index in [2.05, 4.69) is 5.10 Å². The van der Waals surface area contributed by atoms with Crippen molar-refractivity contribution in [2.75, 3.05) is 18.2 Å². The first kappa shape index (κ1) is 22.1. The molecule has 1 heterocycles. The van der Waals surface area contributed by atoms with E-state index in [0.29, 0.717) is 49.2 Å². The summed E-state index contributed by atoms with van der Waals surface area (Å²) >= 11 is 8.26. The Morgan fingerprint density at radius 1 is 1.30 bits per heavy atom. The monoisotopic (exact) mass is 540 g/mol. The van der Waals surface area contributed by atoms with Crippen molar-refractivity contribution in [1.29, 1.82) is 0 Å². The Balaban J connectivity index is 1.96. The van der Waals surface area contributed by atoms with Crippen LogP contribution in [0.1, 0.15) is 19.4 Å². The number of anilines is 1. The molecule has 1 aliphatic rings. The van der Waals surface area contributed by atoms with Gasteiger partial charge in [-0.05, 0) is 72.3 Å². The predicted molar refractivity (Wildman–Crippen MR) is 123 cm³/mol. The minimum Gasteiger partial charge on any atom is -0.490 e. The van der Waals surface area contributed by atoms with E-state index in [1.54, 1.807) is 49.4 Å². The minimum absolute atomic E-state index is 0.292. The highest BCUT2D eigenvalue weighted by Crippen LogP contribution is 2.36. The van der Waals surface area contributed by atoms with Crippen molar-refractivity contribution >= 4 is 63.5 Å². The van der Waals surface area contributed by atoms with Crippen LogP contribution in [0.3, 0.4) is 0 Å². The third kappa shape index (κ3) is 4.76. The summed E-state index contributed by atoms with van der Waals surface area (Å²) in [5.74, 6) is -0.620. The normalized spacial score (nSPS) is 14.8. The first-order chi connectivity index (χ1) is 14.3. The van der Waals surface area contributed by atoms with Crippen molar-refractivity contribution in [3.8, 4) is 11.5 Å². The Morgan fingerprint density at radius 2 is 2.03 bits per heavy atom. The lowest BCUT2D eigenvalue weighted by atomic mass is 10.1. The summed E-state index contributed by atoms with van der Waals surface area (Å²) in [6.07, 6.45) is 1.71. The molecule has 0 aromatic heterocycles. The first-order valence-electron chi connectivity index (χ1n) is 8.99. The van der Waals surface area contributed by atoms with E-state index < -0.39 is 12.6 Å². The molecule has 2 aromatic rings. The summed E-state index contributed by atoms with van der Waals surface area (Å²) in [6, 6.07) is 10.5. The van der Waals surface area contributed by atoms with Gasteiger partial charge < -0.3 is 14.6 Å². The number of carbonyl (C=O) groups excluding carboxylic acids is 1. The van der Waals surface area contributed by atoms with E-state index >= 15 is 0 Å². The van der Waals surface area contributed by atoms with Crippen LogP contribution in [0.25, 0.3) is 6.08 Å². The van der Waals surface area contributed by atoms with E-state index in [1.165, 1.54) is 5.01 Å². The number of hydrazone groups is 1. The number of carboxylic acids is 1. The molecule has 30 heavy (non-hydrogen) atoms. The molecule has 7 nitrogen and oxygen atoms in total. The van der Waals surface area contributed by atoms with Crippen LogP contribution in [-0.2, 0) is 9.59 Å². The quantitative estimate of drug-likeness (QED) is 0.409. The van der Waals surface area contributed by atoms with E-state index in [9.17, 15) is 9.59 Å². The van der Waals surface area contributed by atoms with Gasteiger partial charge in [-0.3, -0.25) is 4.79 Å². The standard InChI is InChI=1S/C21H18ClIN2O5/c1-3-29-18-10-13(9-16(23)20(18)30-11-19(26)27)8-14-12(2)24-25(21(14)28)17-7-5-4-6-15(17)22/h4-10H,3,11H2,1-2H3,(H,26,27). The summed E-state index contributed by atoms with van der Waals surface area (Å²) in [5, 5.41) is 14.9. The molecule has 0 saturated carbocycles. The van der Waals surface area contributed by atoms with Crippen LogP contribution in [0.15, 0.2) is 47.1 Å². The van der Waals surface area contributed by atoms with Crippen molar-refractivity contribution in [3.05, 3.63) is 56.1 Å². The first-order valence-corrected chi connectivity index (χ1v) is 10.4. The van der Waals surface area contributed by atoms with Crippen LogP contribution in [0.2, 0.25) is 5.02 Å². The molecule has 3 rings (SSSR count). The SMILES string of the molecule is CCOc1cc(C=C2C(=O)N(c3ccccc3Cl)N=C2C)cc(I)c1OCC(=O)O. The van der Waals surface area contributed by atoms with Gasteiger partial charge in [-0.2, -0.15) is 10.1 Å². The molecule has 9 heteroatoms. The number of nitrogens with zero attached hydrogens (tertiary/aromatic N) is 2. The highest BCUT2D eigenvalue weighted by molar-refractivity contribution is 14.1. The Hall–Kier alpha value is -2.59. The second-order valence-electron chi connectivity index (χ2n) is 6.26. The molecular weight excluding hydrogens is 523 g/mol. The summed E-state index contributed by atoms with van der Waals surface area (Å²) in [5.41, 5.74) is 2.19. The molecule has 156 valence electrons. The van der Waals surface area contributed by atoms with Crippen molar-refractivity contribution in [2.24, 2.45) is 5.10 Å². The van der Waals surface area contributed by atoms with Crippen LogP contribution in [0.5, 0.6) is 11.5 Å². The van der Waals surface area contributed by atoms with Crippen molar-refractivity contribution in [1.82, 2.24) is 0 Å². The molecule has 0 aliphatic carbocycles.